The van der Waals surface area contributed by atoms with Gasteiger partial charge in [-0.15, -0.1) is 11.3 Å². The van der Waals surface area contributed by atoms with Gasteiger partial charge in [0.1, 0.15) is 0 Å². The van der Waals surface area contributed by atoms with Gasteiger partial charge in [0.2, 0.25) is 5.54 Å². The number of nitro groups is 1. The average molecular weight is 313 g/mol. The van der Waals surface area contributed by atoms with Crippen molar-refractivity contribution in [1.29, 1.82) is 0 Å². The first-order valence-electron chi connectivity index (χ1n) is 6.93. The molecule has 0 N–H and O–H groups in total. The number of fused-ring (bicyclic) bond motifs is 2. The van der Waals surface area contributed by atoms with E-state index in [4.69, 9.17) is 0 Å². The highest BCUT2D eigenvalue weighted by molar-refractivity contribution is 7.24. The van der Waals surface area contributed by atoms with Gasteiger partial charge in [-0.25, -0.2) is 0 Å². The molecule has 0 bridgehead atoms. The summed E-state index contributed by atoms with van der Waals surface area (Å²) in [4.78, 5) is 23.5. The number of hydrogen-bond donors (Lipinski definition) is 0. The zero-order valence-electron chi connectivity index (χ0n) is 12.5. The standard InChI is InChI=1S/C17H15NO3S/c1-10-4-7-14-13(8-10)16(19)12-6-5-11(9-15(12)22-14)17(2,3)18(20)21/h4-9H,1-3H3. The largest absolute Gasteiger partial charge is 0.289 e. The lowest BCUT2D eigenvalue weighted by atomic mass is 9.94. The minimum absolute atomic E-state index is 0.0158. The molecule has 2 aromatic carbocycles. The lowest BCUT2D eigenvalue weighted by molar-refractivity contribution is -0.569. The summed E-state index contributed by atoms with van der Waals surface area (Å²) in [7, 11) is 0. The first kappa shape index (κ1) is 14.7. The molecule has 22 heavy (non-hydrogen) atoms. The van der Waals surface area contributed by atoms with Crippen LogP contribution in [0.2, 0.25) is 0 Å². The van der Waals surface area contributed by atoms with E-state index < -0.39 is 5.54 Å². The molecule has 3 rings (SSSR count). The van der Waals surface area contributed by atoms with Gasteiger partial charge in [-0.05, 0) is 31.2 Å². The Bertz CT molecular complexity index is 973. The van der Waals surface area contributed by atoms with Crippen molar-refractivity contribution in [2.24, 2.45) is 0 Å². The maximum Gasteiger partial charge on any atom is 0.241 e. The zero-order chi connectivity index (χ0) is 16.1. The Balaban J connectivity index is 2.35. The summed E-state index contributed by atoms with van der Waals surface area (Å²) in [5.74, 6) is 0. The van der Waals surface area contributed by atoms with E-state index in [1.165, 1.54) is 11.3 Å². The number of hydrogen-bond acceptors (Lipinski definition) is 4. The monoisotopic (exact) mass is 313 g/mol. The predicted molar refractivity (Wildman–Crippen MR) is 90.4 cm³/mol. The molecule has 3 aromatic rings. The van der Waals surface area contributed by atoms with Crippen molar-refractivity contribution in [2.75, 3.05) is 0 Å². The molecule has 0 atom stereocenters. The van der Waals surface area contributed by atoms with E-state index in [0.717, 1.165) is 15.0 Å². The summed E-state index contributed by atoms with van der Waals surface area (Å²) in [5, 5.41) is 12.5. The Morgan fingerprint density at radius 3 is 2.45 bits per heavy atom. The fourth-order valence-electron chi connectivity index (χ4n) is 2.45. The van der Waals surface area contributed by atoms with E-state index >= 15 is 0 Å². The summed E-state index contributed by atoms with van der Waals surface area (Å²) in [5.41, 5.74) is 0.457. The molecule has 4 nitrogen and oxygen atoms in total. The molecule has 1 aromatic heterocycles. The molecule has 112 valence electrons. The zero-order valence-corrected chi connectivity index (χ0v) is 13.4. The molecular weight excluding hydrogens is 298 g/mol. The Labute approximate surface area is 131 Å². The fourth-order valence-corrected chi connectivity index (χ4v) is 3.55. The van der Waals surface area contributed by atoms with Gasteiger partial charge in [0, 0.05) is 44.5 Å². The summed E-state index contributed by atoms with van der Waals surface area (Å²) >= 11 is 1.49. The summed E-state index contributed by atoms with van der Waals surface area (Å²) < 4.78 is 1.69. The molecule has 1 heterocycles. The van der Waals surface area contributed by atoms with Crippen LogP contribution in [0.4, 0.5) is 0 Å². The van der Waals surface area contributed by atoms with Gasteiger partial charge in [0.05, 0.1) is 0 Å². The van der Waals surface area contributed by atoms with E-state index in [-0.39, 0.29) is 10.4 Å². The molecule has 0 unspecified atom stereocenters. The third-order valence-corrected chi connectivity index (χ3v) is 5.12. The lowest BCUT2D eigenvalue weighted by Crippen LogP contribution is -2.27. The smallest absolute Gasteiger partial charge is 0.241 e. The van der Waals surface area contributed by atoms with Gasteiger partial charge in [-0.3, -0.25) is 14.9 Å². The van der Waals surface area contributed by atoms with Crippen molar-refractivity contribution in [3.8, 4) is 0 Å². The van der Waals surface area contributed by atoms with Crippen LogP contribution in [0.15, 0.2) is 41.2 Å². The molecule has 0 aliphatic carbocycles. The van der Waals surface area contributed by atoms with E-state index in [9.17, 15) is 14.9 Å². The molecule has 5 heteroatoms. The maximum absolute atomic E-state index is 12.6. The van der Waals surface area contributed by atoms with Crippen molar-refractivity contribution in [1.82, 2.24) is 0 Å². The molecule has 0 amide bonds. The Hall–Kier alpha value is -2.27. The van der Waals surface area contributed by atoms with Crippen LogP contribution in [-0.2, 0) is 5.54 Å². The van der Waals surface area contributed by atoms with Crippen LogP contribution in [0, 0.1) is 17.0 Å². The minimum Gasteiger partial charge on any atom is -0.289 e. The average Bonchev–Trinajstić information content (AvgIpc) is 2.47. The first-order valence-corrected chi connectivity index (χ1v) is 7.74. The van der Waals surface area contributed by atoms with Crippen molar-refractivity contribution in [3.63, 3.8) is 0 Å². The van der Waals surface area contributed by atoms with Gasteiger partial charge < -0.3 is 0 Å². The van der Waals surface area contributed by atoms with Gasteiger partial charge in [0.25, 0.3) is 0 Å². The third kappa shape index (κ3) is 2.18. The highest BCUT2D eigenvalue weighted by atomic mass is 32.1. The first-order chi connectivity index (χ1) is 10.3. The SMILES string of the molecule is Cc1ccc2sc3cc(C(C)(C)[N+](=O)[O-])ccc3c(=O)c2c1. The Kier molecular flexibility index (Phi) is 3.25. The Morgan fingerprint density at radius 1 is 1.05 bits per heavy atom. The molecular formula is C17H15NO3S. The quantitative estimate of drug-likeness (QED) is 0.404. The highest BCUT2D eigenvalue weighted by Crippen LogP contribution is 2.30. The van der Waals surface area contributed by atoms with E-state index in [2.05, 4.69) is 0 Å². The van der Waals surface area contributed by atoms with Crippen molar-refractivity contribution >= 4 is 31.5 Å². The van der Waals surface area contributed by atoms with Crippen LogP contribution in [0.25, 0.3) is 20.2 Å². The second kappa shape index (κ2) is 4.88. The summed E-state index contributed by atoms with van der Waals surface area (Å²) in [6, 6.07) is 10.9. The molecule has 0 saturated carbocycles. The fraction of sp³-hybridized carbons (Fsp3) is 0.235. The number of benzene rings is 2. The van der Waals surface area contributed by atoms with Crippen LogP contribution in [0.3, 0.4) is 0 Å². The van der Waals surface area contributed by atoms with Gasteiger partial charge in [-0.1, -0.05) is 17.7 Å². The molecule has 0 radical (unpaired) electrons. The molecule has 0 fully saturated rings. The third-order valence-electron chi connectivity index (χ3n) is 3.99. The second-order valence-corrected chi connectivity index (χ2v) is 7.04. The maximum atomic E-state index is 12.6. The van der Waals surface area contributed by atoms with Crippen LogP contribution in [0.1, 0.15) is 25.0 Å². The molecule has 0 aliphatic heterocycles. The summed E-state index contributed by atoms with van der Waals surface area (Å²) in [6.07, 6.45) is 0. The van der Waals surface area contributed by atoms with E-state index in [1.54, 1.807) is 32.0 Å². The van der Waals surface area contributed by atoms with Crippen LogP contribution < -0.4 is 5.43 Å². The number of aryl methyl sites for hydroxylation is 1. The number of rotatable bonds is 2. The van der Waals surface area contributed by atoms with Crippen LogP contribution in [0.5, 0.6) is 0 Å². The molecule has 0 spiro atoms. The lowest BCUT2D eigenvalue weighted by Gasteiger charge is -2.16. The number of nitrogens with zero attached hydrogens (tertiary/aromatic N) is 1. The van der Waals surface area contributed by atoms with Gasteiger partial charge >= 0.3 is 0 Å². The van der Waals surface area contributed by atoms with Gasteiger partial charge in [-0.2, -0.15) is 0 Å². The minimum atomic E-state index is -1.17. The van der Waals surface area contributed by atoms with Gasteiger partial charge in [0.15, 0.2) is 5.43 Å². The molecule has 0 aliphatic rings. The highest BCUT2D eigenvalue weighted by Gasteiger charge is 2.33. The van der Waals surface area contributed by atoms with Crippen LogP contribution >= 0.6 is 11.3 Å². The molecule has 0 saturated heterocycles. The summed E-state index contributed by atoms with van der Waals surface area (Å²) in [6.45, 7) is 5.10. The van der Waals surface area contributed by atoms with E-state index in [0.29, 0.717) is 16.3 Å². The van der Waals surface area contributed by atoms with Crippen molar-refractivity contribution < 1.29 is 4.92 Å². The second-order valence-electron chi connectivity index (χ2n) is 5.96. The Morgan fingerprint density at radius 2 is 1.77 bits per heavy atom. The van der Waals surface area contributed by atoms with E-state index in [1.807, 2.05) is 25.1 Å². The normalized spacial score (nSPS) is 12.0. The van der Waals surface area contributed by atoms with Crippen molar-refractivity contribution in [3.05, 3.63) is 67.9 Å². The topological polar surface area (TPSA) is 60.2 Å². The van der Waals surface area contributed by atoms with Crippen LogP contribution in [-0.4, -0.2) is 4.92 Å². The van der Waals surface area contributed by atoms with Crippen molar-refractivity contribution in [2.45, 2.75) is 26.3 Å². The predicted octanol–water partition coefficient (Wildman–Crippen LogP) is 4.23.